The number of hydrogen-bond donors (Lipinski definition) is 7. The van der Waals surface area contributed by atoms with Crippen LogP contribution in [0, 0.1) is 0 Å². The Bertz CT molecular complexity index is 1630. The maximum atomic E-state index is 13.9. The predicted molar refractivity (Wildman–Crippen MR) is 172 cm³/mol. The first-order valence-electron chi connectivity index (χ1n) is 16.7. The number of aromatic hydroxyl groups is 3. The molecule has 0 radical (unpaired) electrons. The standard InChI is InChI=1S/C35H46N2O12/c1-7-35(45)13-20(48-22-12-18(37(5)6)29(40)15(3)47-22)24-27(34(35)49-21-11-17(36-4)28(39)14(2)46-21)33(44)25-26(32(24)43)31(42)23-16(30(25)41)9-8-10-19(23)38/h8-10,14-15,17-18,20-22,28-29,34,36,38-40,43-45H,7,11-13H2,1-6H3. The Morgan fingerprint density at radius 1 is 0.898 bits per heavy atom. The number of ether oxygens (including phenoxy) is 4. The van der Waals surface area contributed by atoms with E-state index in [1.807, 2.05) is 19.0 Å². The van der Waals surface area contributed by atoms with Crippen molar-refractivity contribution in [3.8, 4) is 17.2 Å². The van der Waals surface area contributed by atoms with Gasteiger partial charge in [0.2, 0.25) is 5.78 Å². The molecule has 0 spiro atoms. The number of carbonyl (C=O) groups excluding carboxylic acids is 2. The van der Waals surface area contributed by atoms with Crippen molar-refractivity contribution in [3.63, 3.8) is 0 Å². The van der Waals surface area contributed by atoms with Gasteiger partial charge >= 0.3 is 0 Å². The lowest BCUT2D eigenvalue weighted by atomic mass is 9.70. The molecule has 0 saturated carbocycles. The van der Waals surface area contributed by atoms with Crippen molar-refractivity contribution in [2.24, 2.45) is 0 Å². The van der Waals surface area contributed by atoms with E-state index in [1.54, 1.807) is 27.8 Å². The van der Waals surface area contributed by atoms with Gasteiger partial charge in [-0.05, 0) is 47.5 Å². The van der Waals surface area contributed by atoms with Gasteiger partial charge < -0.3 is 59.8 Å². The molecule has 2 aliphatic carbocycles. The Labute approximate surface area is 284 Å². The van der Waals surface area contributed by atoms with Crippen LogP contribution in [0.5, 0.6) is 17.2 Å². The fourth-order valence-corrected chi connectivity index (χ4v) is 7.85. The van der Waals surface area contributed by atoms with E-state index in [9.17, 15) is 40.2 Å². The molecule has 2 aliphatic heterocycles. The molecule has 4 aliphatic rings. The van der Waals surface area contributed by atoms with Crippen molar-refractivity contribution in [2.45, 2.75) is 113 Å². The van der Waals surface area contributed by atoms with Gasteiger partial charge in [0.25, 0.3) is 0 Å². The highest BCUT2D eigenvalue weighted by Crippen LogP contribution is 2.58. The monoisotopic (exact) mass is 686 g/mol. The zero-order valence-electron chi connectivity index (χ0n) is 28.4. The summed E-state index contributed by atoms with van der Waals surface area (Å²) in [5.74, 6) is -3.50. The minimum Gasteiger partial charge on any atom is -0.507 e. The number of carbonyl (C=O) groups is 2. The normalized spacial score (nSPS) is 36.0. The lowest BCUT2D eigenvalue weighted by molar-refractivity contribution is -0.286. The third-order valence-electron chi connectivity index (χ3n) is 10.7. The third kappa shape index (κ3) is 5.82. The fraction of sp³-hybridized carbons (Fsp3) is 0.600. The number of nitrogens with zero attached hydrogens (tertiary/aromatic N) is 1. The molecule has 2 aromatic rings. The van der Waals surface area contributed by atoms with Crippen molar-refractivity contribution in [3.05, 3.63) is 51.6 Å². The largest absolute Gasteiger partial charge is 0.507 e. The molecule has 11 atom stereocenters. The van der Waals surface area contributed by atoms with Crippen LogP contribution < -0.4 is 5.32 Å². The fourth-order valence-electron chi connectivity index (χ4n) is 7.85. The van der Waals surface area contributed by atoms with Crippen LogP contribution in [0.15, 0.2) is 18.2 Å². The van der Waals surface area contributed by atoms with Crippen LogP contribution in [0.25, 0.3) is 0 Å². The van der Waals surface area contributed by atoms with E-state index in [1.165, 1.54) is 18.2 Å². The Kier molecular flexibility index (Phi) is 9.58. The predicted octanol–water partition coefficient (Wildman–Crippen LogP) is 1.75. The quantitative estimate of drug-likeness (QED) is 0.177. The molecule has 11 unspecified atom stereocenters. The lowest BCUT2D eigenvalue weighted by Gasteiger charge is -2.48. The molecule has 2 saturated heterocycles. The molecule has 0 amide bonds. The van der Waals surface area contributed by atoms with Crippen molar-refractivity contribution < 1.29 is 59.2 Å². The molecule has 14 heteroatoms. The molecule has 268 valence electrons. The van der Waals surface area contributed by atoms with E-state index >= 15 is 0 Å². The number of hydrogen-bond acceptors (Lipinski definition) is 14. The number of aliphatic hydroxyl groups is 3. The molecule has 2 heterocycles. The van der Waals surface area contributed by atoms with Gasteiger partial charge in [-0.1, -0.05) is 19.1 Å². The molecule has 6 rings (SSSR count). The second-order valence-electron chi connectivity index (χ2n) is 13.9. The number of rotatable bonds is 7. The second-order valence-corrected chi connectivity index (χ2v) is 13.9. The number of phenolic OH excluding ortho intramolecular Hbond substituents is 3. The van der Waals surface area contributed by atoms with Gasteiger partial charge in [-0.2, -0.15) is 0 Å². The van der Waals surface area contributed by atoms with Crippen LogP contribution in [-0.2, 0) is 18.9 Å². The van der Waals surface area contributed by atoms with Crippen LogP contribution in [0.1, 0.15) is 102 Å². The van der Waals surface area contributed by atoms with Crippen molar-refractivity contribution in [1.29, 1.82) is 0 Å². The third-order valence-corrected chi connectivity index (χ3v) is 10.7. The Morgan fingerprint density at radius 3 is 2.14 bits per heavy atom. The molecular weight excluding hydrogens is 640 g/mol. The highest BCUT2D eigenvalue weighted by molar-refractivity contribution is 6.31. The van der Waals surface area contributed by atoms with Crippen molar-refractivity contribution in [1.82, 2.24) is 10.2 Å². The maximum absolute atomic E-state index is 13.9. The van der Waals surface area contributed by atoms with E-state index < -0.39 is 101 Å². The molecule has 0 bridgehead atoms. The van der Waals surface area contributed by atoms with Gasteiger partial charge in [-0.3, -0.25) is 9.59 Å². The SMILES string of the molecule is CCC1(O)CC(OC2CC(N(C)C)C(O)C(C)O2)c2c(O)c3c(c(O)c2C1OC1CC(NC)C(O)C(C)O1)C(=O)c1cccc(O)c1C3=O. The molecule has 0 aromatic heterocycles. The summed E-state index contributed by atoms with van der Waals surface area (Å²) in [6.45, 7) is 5.09. The number of likely N-dealkylation sites (N-methyl/N-ethyl adjacent to an activating group) is 2. The average Bonchev–Trinajstić information content (AvgIpc) is 3.05. The molecule has 14 nitrogen and oxygen atoms in total. The number of benzene rings is 2. The van der Waals surface area contributed by atoms with E-state index in [2.05, 4.69) is 5.32 Å². The first kappa shape index (κ1) is 35.6. The van der Waals surface area contributed by atoms with Crippen molar-refractivity contribution >= 4 is 11.6 Å². The summed E-state index contributed by atoms with van der Waals surface area (Å²) in [6, 6.07) is 3.19. The van der Waals surface area contributed by atoms with Gasteiger partial charge in [0.15, 0.2) is 18.4 Å². The smallest absolute Gasteiger partial charge is 0.202 e. The zero-order valence-corrected chi connectivity index (χ0v) is 28.4. The number of ketones is 2. The summed E-state index contributed by atoms with van der Waals surface area (Å²) in [4.78, 5) is 29.7. The van der Waals surface area contributed by atoms with E-state index in [0.717, 1.165) is 0 Å². The van der Waals surface area contributed by atoms with Crippen LogP contribution >= 0.6 is 0 Å². The lowest BCUT2D eigenvalue weighted by Crippen LogP contribution is -2.55. The van der Waals surface area contributed by atoms with Crippen LogP contribution in [0.3, 0.4) is 0 Å². The summed E-state index contributed by atoms with van der Waals surface area (Å²) < 4.78 is 24.9. The number of fused-ring (bicyclic) bond motifs is 3. The minimum absolute atomic E-state index is 0.0686. The highest BCUT2D eigenvalue weighted by Gasteiger charge is 2.54. The maximum Gasteiger partial charge on any atom is 0.202 e. The summed E-state index contributed by atoms with van der Waals surface area (Å²) in [5.41, 5.74) is -3.49. The van der Waals surface area contributed by atoms with E-state index in [-0.39, 0.29) is 54.0 Å². The van der Waals surface area contributed by atoms with Gasteiger partial charge in [0.1, 0.15) is 23.4 Å². The average molecular weight is 687 g/mol. The van der Waals surface area contributed by atoms with Gasteiger partial charge in [0, 0.05) is 48.0 Å². The molecular formula is C35H46N2O12. The summed E-state index contributed by atoms with van der Waals surface area (Å²) in [6.07, 6.45) is -7.25. The van der Waals surface area contributed by atoms with E-state index in [4.69, 9.17) is 18.9 Å². The summed E-state index contributed by atoms with van der Waals surface area (Å²) in [7, 11) is 5.31. The Hall–Kier alpha value is -3.18. The first-order valence-corrected chi connectivity index (χ1v) is 16.7. The number of nitrogens with one attached hydrogen (secondary N) is 1. The highest BCUT2D eigenvalue weighted by atomic mass is 16.7. The van der Waals surface area contributed by atoms with Gasteiger partial charge in [-0.15, -0.1) is 0 Å². The Morgan fingerprint density at radius 2 is 1.51 bits per heavy atom. The molecule has 2 aromatic carbocycles. The van der Waals surface area contributed by atoms with Crippen LogP contribution in [-0.4, -0.2) is 123 Å². The number of aliphatic hydroxyl groups excluding tert-OH is 2. The molecule has 2 fully saturated rings. The van der Waals surface area contributed by atoms with Crippen LogP contribution in [0.4, 0.5) is 0 Å². The molecule has 7 N–H and O–H groups in total. The van der Waals surface area contributed by atoms with Gasteiger partial charge in [0.05, 0.1) is 52.8 Å². The van der Waals surface area contributed by atoms with E-state index in [0.29, 0.717) is 0 Å². The first-order chi connectivity index (χ1) is 23.1. The zero-order chi connectivity index (χ0) is 35.7. The van der Waals surface area contributed by atoms with Crippen LogP contribution in [0.2, 0.25) is 0 Å². The Balaban J connectivity index is 1.52. The topological polar surface area (TPSA) is 208 Å². The van der Waals surface area contributed by atoms with Crippen molar-refractivity contribution in [2.75, 3.05) is 21.1 Å². The second kappa shape index (κ2) is 13.2. The molecule has 49 heavy (non-hydrogen) atoms. The summed E-state index contributed by atoms with van der Waals surface area (Å²) in [5, 5.41) is 71.4. The summed E-state index contributed by atoms with van der Waals surface area (Å²) >= 11 is 0. The minimum atomic E-state index is -1.77. The van der Waals surface area contributed by atoms with Gasteiger partial charge in [-0.25, -0.2) is 0 Å². The number of phenols is 3.